The quantitative estimate of drug-likeness (QED) is 0.748. The summed E-state index contributed by atoms with van der Waals surface area (Å²) in [5, 5.41) is 3.04. The fourth-order valence-electron chi connectivity index (χ4n) is 4.31. The average Bonchev–Trinajstić information content (AvgIpc) is 3.46. The van der Waals surface area contributed by atoms with E-state index in [9.17, 15) is 14.0 Å². The van der Waals surface area contributed by atoms with Gasteiger partial charge in [0.1, 0.15) is 5.82 Å². The molecule has 1 saturated carbocycles. The number of hydrogen-bond donors (Lipinski definition) is 1. The Morgan fingerprint density at radius 3 is 2.77 bits per heavy atom. The maximum absolute atomic E-state index is 13.2. The van der Waals surface area contributed by atoms with Gasteiger partial charge in [-0.3, -0.25) is 14.6 Å². The van der Waals surface area contributed by atoms with E-state index < -0.39 is 0 Å². The normalized spacial score (nSPS) is 19.8. The van der Waals surface area contributed by atoms with Gasteiger partial charge in [-0.2, -0.15) is 0 Å². The first-order valence-corrected chi connectivity index (χ1v) is 10.5. The number of halogens is 1. The van der Waals surface area contributed by atoms with Crippen LogP contribution in [0.25, 0.3) is 6.08 Å². The zero-order valence-electron chi connectivity index (χ0n) is 16.9. The molecule has 1 aromatic carbocycles. The summed E-state index contributed by atoms with van der Waals surface area (Å²) in [6, 6.07) is 11.9. The third-order valence-electron chi connectivity index (χ3n) is 6.25. The summed E-state index contributed by atoms with van der Waals surface area (Å²) < 4.78 is 13.2. The molecule has 2 fully saturated rings. The number of nitrogens with zero attached hydrogens (tertiary/aromatic N) is 2. The molecular weight excluding hydrogens is 381 g/mol. The van der Waals surface area contributed by atoms with Crippen LogP contribution < -0.4 is 5.32 Å². The Morgan fingerprint density at radius 1 is 1.20 bits per heavy atom. The zero-order chi connectivity index (χ0) is 21.0. The Bertz CT molecular complexity index is 936. The number of rotatable bonds is 6. The molecule has 0 bridgehead atoms. The van der Waals surface area contributed by atoms with E-state index in [4.69, 9.17) is 0 Å². The van der Waals surface area contributed by atoms with E-state index in [1.54, 1.807) is 24.4 Å². The molecule has 1 saturated heterocycles. The van der Waals surface area contributed by atoms with Crippen LogP contribution in [-0.4, -0.2) is 41.3 Å². The fourth-order valence-corrected chi connectivity index (χ4v) is 4.31. The minimum atomic E-state index is -0.317. The first-order valence-electron chi connectivity index (χ1n) is 10.5. The second-order valence-corrected chi connectivity index (χ2v) is 8.19. The van der Waals surface area contributed by atoms with E-state index in [-0.39, 0.29) is 29.0 Å². The average molecular weight is 407 g/mol. The van der Waals surface area contributed by atoms with E-state index in [1.165, 1.54) is 18.2 Å². The molecule has 30 heavy (non-hydrogen) atoms. The molecule has 2 amide bonds. The van der Waals surface area contributed by atoms with Gasteiger partial charge in [-0.05, 0) is 60.6 Å². The highest BCUT2D eigenvalue weighted by Gasteiger charge is 2.58. The fraction of sp³-hybridized carbons (Fsp3) is 0.375. The smallest absolute Gasteiger partial charge is 0.246 e. The molecule has 2 heterocycles. The van der Waals surface area contributed by atoms with Gasteiger partial charge >= 0.3 is 0 Å². The van der Waals surface area contributed by atoms with E-state index in [0.717, 1.165) is 31.4 Å². The van der Waals surface area contributed by atoms with Gasteiger partial charge in [0.2, 0.25) is 11.8 Å². The maximum Gasteiger partial charge on any atom is 0.246 e. The van der Waals surface area contributed by atoms with Crippen molar-refractivity contribution in [2.45, 2.75) is 25.7 Å². The molecule has 1 spiro atoms. The van der Waals surface area contributed by atoms with E-state index in [2.05, 4.69) is 10.3 Å². The number of nitrogens with one attached hydrogen (secondary N) is 1. The Labute approximate surface area is 176 Å². The van der Waals surface area contributed by atoms with Crippen LogP contribution in [0, 0.1) is 17.2 Å². The number of carbonyl (C=O) groups is 2. The Balaban J connectivity index is 1.21. The highest BCUT2D eigenvalue weighted by molar-refractivity contribution is 5.92. The van der Waals surface area contributed by atoms with Crippen molar-refractivity contribution in [1.82, 2.24) is 15.2 Å². The van der Waals surface area contributed by atoms with Crippen LogP contribution in [0.15, 0.2) is 54.7 Å². The van der Waals surface area contributed by atoms with E-state index in [1.807, 2.05) is 23.1 Å². The molecule has 1 aliphatic carbocycles. The summed E-state index contributed by atoms with van der Waals surface area (Å²) in [6.45, 7) is 1.91. The van der Waals surface area contributed by atoms with E-state index >= 15 is 0 Å². The molecule has 1 aromatic heterocycles. The number of carbonyl (C=O) groups excluding carboxylic acids is 2. The summed E-state index contributed by atoms with van der Waals surface area (Å²) in [5.41, 5.74) is 1.70. The Morgan fingerprint density at radius 2 is 2.03 bits per heavy atom. The minimum absolute atomic E-state index is 0.0537. The molecule has 6 heteroatoms. The van der Waals surface area contributed by atoms with Crippen molar-refractivity contribution in [2.24, 2.45) is 11.3 Å². The number of piperidine rings is 1. The first-order chi connectivity index (χ1) is 14.6. The van der Waals surface area contributed by atoms with Crippen LogP contribution in [0.1, 0.15) is 30.5 Å². The number of aromatic nitrogens is 1. The molecule has 1 N–H and O–H groups in total. The van der Waals surface area contributed by atoms with Crippen molar-refractivity contribution >= 4 is 17.9 Å². The van der Waals surface area contributed by atoms with Crippen molar-refractivity contribution in [3.63, 3.8) is 0 Å². The number of amides is 2. The lowest BCUT2D eigenvalue weighted by Crippen LogP contribution is -2.40. The monoisotopic (exact) mass is 407 g/mol. The summed E-state index contributed by atoms with van der Waals surface area (Å²) in [5.74, 6) is -0.202. The molecule has 156 valence electrons. The van der Waals surface area contributed by atoms with Crippen LogP contribution >= 0.6 is 0 Å². The molecule has 4 rings (SSSR count). The first kappa shape index (κ1) is 20.3. The summed E-state index contributed by atoms with van der Waals surface area (Å²) in [6.07, 6.45) is 8.24. The topological polar surface area (TPSA) is 62.3 Å². The molecule has 0 radical (unpaired) electrons. The Hall–Kier alpha value is -3.02. The third-order valence-corrected chi connectivity index (χ3v) is 6.25. The van der Waals surface area contributed by atoms with Gasteiger partial charge in [0.05, 0.1) is 0 Å². The van der Waals surface area contributed by atoms with Crippen LogP contribution in [0.2, 0.25) is 0 Å². The predicted molar refractivity (Wildman–Crippen MR) is 113 cm³/mol. The van der Waals surface area contributed by atoms with Gasteiger partial charge in [0, 0.05) is 49.9 Å². The predicted octanol–water partition coefficient (Wildman–Crippen LogP) is 3.22. The lowest BCUT2D eigenvalue weighted by atomic mass is 9.90. The van der Waals surface area contributed by atoms with Gasteiger partial charge in [-0.15, -0.1) is 0 Å². The van der Waals surface area contributed by atoms with Crippen molar-refractivity contribution in [1.29, 1.82) is 0 Å². The molecule has 1 unspecified atom stereocenters. The van der Waals surface area contributed by atoms with Gasteiger partial charge in [0.25, 0.3) is 0 Å². The molecular formula is C24H26FN3O2. The Kier molecular flexibility index (Phi) is 5.93. The van der Waals surface area contributed by atoms with Crippen LogP contribution in [-0.2, 0) is 16.0 Å². The second-order valence-electron chi connectivity index (χ2n) is 8.19. The summed E-state index contributed by atoms with van der Waals surface area (Å²) in [7, 11) is 0. The number of benzene rings is 1. The minimum Gasteiger partial charge on any atom is -0.355 e. The van der Waals surface area contributed by atoms with Gasteiger partial charge in [-0.25, -0.2) is 4.39 Å². The molecule has 2 aromatic rings. The van der Waals surface area contributed by atoms with Gasteiger partial charge < -0.3 is 10.2 Å². The highest BCUT2D eigenvalue weighted by Crippen LogP contribution is 2.59. The van der Waals surface area contributed by atoms with Crippen molar-refractivity contribution in [3.8, 4) is 0 Å². The second kappa shape index (κ2) is 8.78. The maximum atomic E-state index is 13.2. The van der Waals surface area contributed by atoms with Crippen molar-refractivity contribution in [2.75, 3.05) is 19.6 Å². The highest BCUT2D eigenvalue weighted by atomic mass is 19.1. The number of likely N-dealkylation sites (tertiary alicyclic amines) is 1. The zero-order valence-corrected chi connectivity index (χ0v) is 16.9. The SMILES string of the molecule is O=C(NCCc1ccccn1)C1CC12CCN(C(=O)C=Cc1cccc(F)c1)CC2. The van der Waals surface area contributed by atoms with Gasteiger partial charge in [-0.1, -0.05) is 18.2 Å². The third kappa shape index (κ3) is 4.75. The largest absolute Gasteiger partial charge is 0.355 e. The standard InChI is InChI=1S/C24H26FN3O2/c25-19-5-3-4-18(16-19)7-8-22(29)28-14-10-24(11-15-28)17-21(24)23(30)27-13-9-20-6-1-2-12-26-20/h1-8,12,16,21H,9-11,13-15,17H2,(H,27,30). The molecule has 1 aliphatic heterocycles. The molecule has 1 atom stereocenters. The lowest BCUT2D eigenvalue weighted by Gasteiger charge is -2.32. The molecule has 5 nitrogen and oxygen atoms in total. The summed E-state index contributed by atoms with van der Waals surface area (Å²) in [4.78, 5) is 31.0. The van der Waals surface area contributed by atoms with Crippen molar-refractivity contribution in [3.05, 3.63) is 71.8 Å². The van der Waals surface area contributed by atoms with Crippen LogP contribution in [0.3, 0.4) is 0 Å². The summed E-state index contributed by atoms with van der Waals surface area (Å²) >= 11 is 0. The lowest BCUT2D eigenvalue weighted by molar-refractivity contribution is -0.127. The van der Waals surface area contributed by atoms with Crippen LogP contribution in [0.5, 0.6) is 0 Å². The van der Waals surface area contributed by atoms with Gasteiger partial charge in [0.15, 0.2) is 0 Å². The molecule has 2 aliphatic rings. The number of hydrogen-bond acceptors (Lipinski definition) is 3. The number of pyridine rings is 1. The van der Waals surface area contributed by atoms with Crippen LogP contribution in [0.4, 0.5) is 4.39 Å². The van der Waals surface area contributed by atoms with Crippen molar-refractivity contribution < 1.29 is 14.0 Å². The van der Waals surface area contributed by atoms with E-state index in [0.29, 0.717) is 25.2 Å².